The summed E-state index contributed by atoms with van der Waals surface area (Å²) in [5.41, 5.74) is 1.32. The van der Waals surface area contributed by atoms with Crippen molar-refractivity contribution in [2.75, 3.05) is 13.7 Å². The van der Waals surface area contributed by atoms with Crippen molar-refractivity contribution in [1.29, 1.82) is 0 Å². The summed E-state index contributed by atoms with van der Waals surface area (Å²) in [4.78, 5) is 28.1. The van der Waals surface area contributed by atoms with E-state index in [4.69, 9.17) is 16.3 Å². The molecule has 0 saturated carbocycles. The lowest BCUT2D eigenvalue weighted by molar-refractivity contribution is -0.139. The van der Waals surface area contributed by atoms with Gasteiger partial charge in [-0.15, -0.1) is 11.3 Å². The number of aliphatic hydroxyl groups excluding tert-OH is 1. The van der Waals surface area contributed by atoms with Crippen molar-refractivity contribution in [3.05, 3.63) is 56.2 Å². The molecular weight excluding hydrogens is 398 g/mol. The lowest BCUT2D eigenvalue weighted by Crippen LogP contribution is -2.30. The molecule has 0 spiro atoms. The number of hydrogen-bond donors (Lipinski definition) is 1. The molecule has 1 fully saturated rings. The minimum atomic E-state index is -0.690. The Bertz CT molecular complexity index is 950. The van der Waals surface area contributed by atoms with Crippen molar-refractivity contribution >= 4 is 40.4 Å². The summed E-state index contributed by atoms with van der Waals surface area (Å²) < 4.78 is 5.21. The number of amides is 1. The number of unbranched alkanes of at least 4 members (excludes halogenated alkanes) is 1. The number of aryl methyl sites for hydroxylation is 1. The standard InChI is InChI=1S/C21H22ClNO4S/c1-4-5-9-23-17(20-12(2)8-10-28-20)16(19(25)21(23)26)18(24)14-11-13(27-3)6-7-15(14)22/h6-8,10-11,17,24H,4-5,9H2,1-3H3/b18-16+. The second kappa shape index (κ2) is 8.37. The maximum Gasteiger partial charge on any atom is 0.295 e. The number of rotatable bonds is 6. The van der Waals surface area contributed by atoms with Crippen LogP contribution in [0.1, 0.15) is 41.8 Å². The third-order valence-electron chi connectivity index (χ3n) is 4.87. The van der Waals surface area contributed by atoms with Crippen LogP contribution < -0.4 is 4.74 Å². The van der Waals surface area contributed by atoms with Gasteiger partial charge in [0.05, 0.1) is 23.7 Å². The van der Waals surface area contributed by atoms with Crippen LogP contribution in [0.2, 0.25) is 5.02 Å². The molecule has 2 heterocycles. The van der Waals surface area contributed by atoms with Gasteiger partial charge in [-0.2, -0.15) is 0 Å². The second-order valence-corrected chi connectivity index (χ2v) is 8.01. The summed E-state index contributed by atoms with van der Waals surface area (Å²) >= 11 is 7.74. The van der Waals surface area contributed by atoms with E-state index >= 15 is 0 Å². The molecular formula is C21H22ClNO4S. The van der Waals surface area contributed by atoms with E-state index in [1.165, 1.54) is 18.4 Å². The number of thiophene rings is 1. The maximum absolute atomic E-state index is 12.9. The summed E-state index contributed by atoms with van der Waals surface area (Å²) in [6.45, 7) is 4.41. The molecule has 1 aliphatic heterocycles. The Balaban J connectivity index is 2.21. The van der Waals surface area contributed by atoms with E-state index in [1.54, 1.807) is 23.1 Å². The van der Waals surface area contributed by atoms with Crippen LogP contribution in [0.5, 0.6) is 5.75 Å². The first-order valence-electron chi connectivity index (χ1n) is 9.07. The monoisotopic (exact) mass is 419 g/mol. The Hall–Kier alpha value is -2.31. The number of carbonyl (C=O) groups is 2. The SMILES string of the molecule is CCCCN1C(=O)C(=O)/C(=C(/O)c2cc(OC)ccc2Cl)C1c1sccc1C. The molecule has 2 aromatic rings. The molecule has 0 bridgehead atoms. The number of Topliss-reactive ketones (excluding diaryl/α,β-unsaturated/α-hetero) is 1. The number of likely N-dealkylation sites (tertiary alicyclic amines) is 1. The molecule has 1 amide bonds. The molecule has 1 N–H and O–H groups in total. The van der Waals surface area contributed by atoms with Crippen LogP contribution in [-0.4, -0.2) is 35.4 Å². The highest BCUT2D eigenvalue weighted by Gasteiger charge is 2.46. The van der Waals surface area contributed by atoms with E-state index in [-0.39, 0.29) is 21.9 Å². The Morgan fingerprint density at radius 1 is 1.32 bits per heavy atom. The zero-order valence-electron chi connectivity index (χ0n) is 16.0. The van der Waals surface area contributed by atoms with Gasteiger partial charge in [0.25, 0.3) is 11.7 Å². The highest BCUT2D eigenvalue weighted by Crippen LogP contribution is 2.43. The van der Waals surface area contributed by atoms with Gasteiger partial charge in [-0.25, -0.2) is 0 Å². The Morgan fingerprint density at radius 2 is 2.07 bits per heavy atom. The number of carbonyl (C=O) groups excluding carboxylic acids is 2. The molecule has 28 heavy (non-hydrogen) atoms. The van der Waals surface area contributed by atoms with Gasteiger partial charge >= 0.3 is 0 Å². The number of halogens is 1. The van der Waals surface area contributed by atoms with Gasteiger partial charge in [-0.05, 0) is 48.6 Å². The number of hydrogen-bond acceptors (Lipinski definition) is 5. The quantitative estimate of drug-likeness (QED) is 0.409. The maximum atomic E-state index is 12.9. The number of benzene rings is 1. The normalized spacial score (nSPS) is 18.7. The van der Waals surface area contributed by atoms with Crippen LogP contribution in [-0.2, 0) is 9.59 Å². The fraction of sp³-hybridized carbons (Fsp3) is 0.333. The summed E-state index contributed by atoms with van der Waals surface area (Å²) in [5, 5.41) is 13.3. The van der Waals surface area contributed by atoms with Gasteiger partial charge in [-0.3, -0.25) is 9.59 Å². The van der Waals surface area contributed by atoms with E-state index in [9.17, 15) is 14.7 Å². The van der Waals surface area contributed by atoms with E-state index in [0.717, 1.165) is 23.3 Å². The number of ether oxygens (including phenoxy) is 1. The van der Waals surface area contributed by atoms with Crippen molar-refractivity contribution in [2.45, 2.75) is 32.7 Å². The van der Waals surface area contributed by atoms with Crippen molar-refractivity contribution < 1.29 is 19.4 Å². The Labute approximate surface area is 173 Å². The topological polar surface area (TPSA) is 66.8 Å². The number of methoxy groups -OCH3 is 1. The molecule has 7 heteroatoms. The predicted molar refractivity (Wildman–Crippen MR) is 111 cm³/mol. The highest BCUT2D eigenvalue weighted by molar-refractivity contribution is 7.10. The van der Waals surface area contributed by atoms with Crippen molar-refractivity contribution in [1.82, 2.24) is 4.90 Å². The average molecular weight is 420 g/mol. The van der Waals surface area contributed by atoms with Gasteiger partial charge in [0.15, 0.2) is 0 Å². The fourth-order valence-corrected chi connectivity index (χ4v) is 4.59. The van der Waals surface area contributed by atoms with Crippen molar-refractivity contribution in [3.8, 4) is 5.75 Å². The predicted octanol–water partition coefficient (Wildman–Crippen LogP) is 4.94. The zero-order valence-corrected chi connectivity index (χ0v) is 17.6. The molecule has 1 saturated heterocycles. The first kappa shape index (κ1) is 20.4. The lowest BCUT2D eigenvalue weighted by Gasteiger charge is -2.24. The van der Waals surface area contributed by atoms with Crippen LogP contribution in [0, 0.1) is 6.92 Å². The average Bonchev–Trinajstić information content (AvgIpc) is 3.21. The molecule has 3 rings (SSSR count). The minimum Gasteiger partial charge on any atom is -0.507 e. The summed E-state index contributed by atoms with van der Waals surface area (Å²) in [7, 11) is 1.51. The second-order valence-electron chi connectivity index (χ2n) is 6.66. The minimum absolute atomic E-state index is 0.0711. The van der Waals surface area contributed by atoms with Gasteiger partial charge in [0.1, 0.15) is 11.5 Å². The molecule has 1 aromatic carbocycles. The molecule has 1 unspecified atom stereocenters. The van der Waals surface area contributed by atoms with Crippen LogP contribution in [0.15, 0.2) is 35.2 Å². The summed E-state index contributed by atoms with van der Waals surface area (Å²) in [6, 6.07) is 6.15. The first-order valence-corrected chi connectivity index (χ1v) is 10.3. The van der Waals surface area contributed by atoms with Gasteiger partial charge < -0.3 is 14.7 Å². The zero-order chi connectivity index (χ0) is 20.4. The first-order chi connectivity index (χ1) is 13.4. The molecule has 1 aliphatic rings. The van der Waals surface area contributed by atoms with E-state index < -0.39 is 17.7 Å². The largest absolute Gasteiger partial charge is 0.507 e. The van der Waals surface area contributed by atoms with Gasteiger partial charge in [-0.1, -0.05) is 24.9 Å². The van der Waals surface area contributed by atoms with E-state index in [2.05, 4.69) is 0 Å². The molecule has 5 nitrogen and oxygen atoms in total. The smallest absolute Gasteiger partial charge is 0.295 e. The van der Waals surface area contributed by atoms with Crippen LogP contribution >= 0.6 is 22.9 Å². The van der Waals surface area contributed by atoms with Crippen molar-refractivity contribution in [3.63, 3.8) is 0 Å². The summed E-state index contributed by atoms with van der Waals surface area (Å²) in [5.74, 6) is -1.06. The van der Waals surface area contributed by atoms with Crippen LogP contribution in [0.4, 0.5) is 0 Å². The van der Waals surface area contributed by atoms with E-state index in [1.807, 2.05) is 25.3 Å². The third-order valence-corrected chi connectivity index (χ3v) is 6.27. The number of nitrogens with zero attached hydrogens (tertiary/aromatic N) is 1. The number of ketones is 1. The molecule has 1 atom stereocenters. The van der Waals surface area contributed by atoms with Crippen LogP contribution in [0.25, 0.3) is 5.76 Å². The lowest BCUT2D eigenvalue weighted by atomic mass is 9.98. The van der Waals surface area contributed by atoms with Crippen molar-refractivity contribution in [2.24, 2.45) is 0 Å². The Kier molecular flexibility index (Phi) is 6.10. The van der Waals surface area contributed by atoms with Gasteiger partial charge in [0.2, 0.25) is 0 Å². The van der Waals surface area contributed by atoms with Crippen LogP contribution in [0.3, 0.4) is 0 Å². The molecule has 0 aliphatic carbocycles. The number of aliphatic hydroxyl groups is 1. The third kappa shape index (κ3) is 3.54. The van der Waals surface area contributed by atoms with E-state index in [0.29, 0.717) is 12.3 Å². The molecule has 1 aromatic heterocycles. The Morgan fingerprint density at radius 3 is 2.68 bits per heavy atom. The fourth-order valence-electron chi connectivity index (χ4n) is 3.33. The molecule has 0 radical (unpaired) electrons. The summed E-state index contributed by atoms with van der Waals surface area (Å²) in [6.07, 6.45) is 1.66. The van der Waals surface area contributed by atoms with Gasteiger partial charge in [0, 0.05) is 17.0 Å². The highest BCUT2D eigenvalue weighted by atomic mass is 35.5. The molecule has 148 valence electrons.